The predicted molar refractivity (Wildman–Crippen MR) is 51.7 cm³/mol. The van der Waals surface area contributed by atoms with Crippen molar-refractivity contribution in [3.05, 3.63) is 0 Å². The van der Waals surface area contributed by atoms with Crippen molar-refractivity contribution < 1.29 is 9.90 Å². The SMILES string of the molecule is O=C(Cl)C1CCC(NCCO)CC1. The highest BCUT2D eigenvalue weighted by molar-refractivity contribution is 6.63. The topological polar surface area (TPSA) is 49.3 Å². The summed E-state index contributed by atoms with van der Waals surface area (Å²) in [6.45, 7) is 0.818. The number of rotatable bonds is 4. The smallest absolute Gasteiger partial charge is 0.224 e. The first-order valence-electron chi connectivity index (χ1n) is 4.77. The van der Waals surface area contributed by atoms with E-state index >= 15 is 0 Å². The lowest BCUT2D eigenvalue weighted by molar-refractivity contribution is -0.116. The average Bonchev–Trinajstić information content (AvgIpc) is 2.15. The van der Waals surface area contributed by atoms with Crippen LogP contribution < -0.4 is 5.32 Å². The highest BCUT2D eigenvalue weighted by atomic mass is 35.5. The quantitative estimate of drug-likeness (QED) is 0.671. The summed E-state index contributed by atoms with van der Waals surface area (Å²) in [5, 5.41) is 11.6. The Labute approximate surface area is 83.5 Å². The molecule has 0 aliphatic heterocycles. The first kappa shape index (κ1) is 11.0. The second kappa shape index (κ2) is 5.58. The third-order valence-corrected chi connectivity index (χ3v) is 2.90. The lowest BCUT2D eigenvalue weighted by Crippen LogP contribution is -2.35. The zero-order chi connectivity index (χ0) is 9.68. The molecule has 1 aliphatic carbocycles. The number of carbonyl (C=O) groups is 1. The van der Waals surface area contributed by atoms with Crippen molar-refractivity contribution in [1.29, 1.82) is 0 Å². The maximum atomic E-state index is 10.8. The van der Waals surface area contributed by atoms with Crippen molar-refractivity contribution in [3.63, 3.8) is 0 Å². The number of halogens is 1. The van der Waals surface area contributed by atoms with Gasteiger partial charge in [-0.05, 0) is 37.3 Å². The molecule has 0 saturated heterocycles. The van der Waals surface area contributed by atoms with E-state index < -0.39 is 0 Å². The molecule has 0 aromatic rings. The minimum absolute atomic E-state index is 0.0637. The van der Waals surface area contributed by atoms with Crippen LogP contribution in [0, 0.1) is 5.92 Å². The van der Waals surface area contributed by atoms with Gasteiger partial charge in [0.15, 0.2) is 0 Å². The van der Waals surface area contributed by atoms with Gasteiger partial charge in [0.1, 0.15) is 0 Å². The largest absolute Gasteiger partial charge is 0.395 e. The molecule has 0 aromatic heterocycles. The molecule has 0 bridgehead atoms. The Kier molecular flexibility index (Phi) is 4.70. The van der Waals surface area contributed by atoms with Gasteiger partial charge in [-0.25, -0.2) is 0 Å². The maximum Gasteiger partial charge on any atom is 0.224 e. The van der Waals surface area contributed by atoms with Crippen LogP contribution in [0.1, 0.15) is 25.7 Å². The molecule has 0 spiro atoms. The molecule has 0 amide bonds. The molecule has 2 N–H and O–H groups in total. The van der Waals surface area contributed by atoms with E-state index in [0.29, 0.717) is 12.6 Å². The van der Waals surface area contributed by atoms with Gasteiger partial charge in [0.05, 0.1) is 6.61 Å². The third-order valence-electron chi connectivity index (χ3n) is 2.59. The molecule has 1 saturated carbocycles. The molecule has 0 atom stereocenters. The van der Waals surface area contributed by atoms with Crippen LogP contribution in [-0.4, -0.2) is 29.5 Å². The highest BCUT2D eigenvalue weighted by Gasteiger charge is 2.24. The van der Waals surface area contributed by atoms with Crippen LogP contribution in [0.25, 0.3) is 0 Å². The molecule has 0 unspecified atom stereocenters. The van der Waals surface area contributed by atoms with Crippen LogP contribution in [0.4, 0.5) is 0 Å². The summed E-state index contributed by atoms with van der Waals surface area (Å²) in [5.41, 5.74) is 0. The van der Waals surface area contributed by atoms with E-state index in [2.05, 4.69) is 5.32 Å². The normalized spacial score (nSPS) is 28.8. The fourth-order valence-electron chi connectivity index (χ4n) is 1.79. The van der Waals surface area contributed by atoms with Gasteiger partial charge in [0.25, 0.3) is 0 Å². The van der Waals surface area contributed by atoms with E-state index in [0.717, 1.165) is 25.7 Å². The number of hydrogen-bond acceptors (Lipinski definition) is 3. The van der Waals surface area contributed by atoms with Crippen molar-refractivity contribution in [3.8, 4) is 0 Å². The van der Waals surface area contributed by atoms with Crippen molar-refractivity contribution in [2.24, 2.45) is 5.92 Å². The van der Waals surface area contributed by atoms with Crippen LogP contribution in [0.15, 0.2) is 0 Å². The standard InChI is InChI=1S/C9H16ClNO2/c10-9(13)7-1-3-8(4-2-7)11-5-6-12/h7-8,11-12H,1-6H2. The molecule has 1 aliphatic rings. The van der Waals surface area contributed by atoms with E-state index in [1.807, 2.05) is 0 Å². The predicted octanol–water partition coefficient (Wildman–Crippen LogP) is 0.892. The van der Waals surface area contributed by atoms with Crippen LogP contribution in [0.3, 0.4) is 0 Å². The van der Waals surface area contributed by atoms with Crippen molar-refractivity contribution in [1.82, 2.24) is 5.32 Å². The Balaban J connectivity index is 2.18. The first-order chi connectivity index (χ1) is 6.24. The van der Waals surface area contributed by atoms with Gasteiger partial charge in [0.2, 0.25) is 5.24 Å². The molecular weight excluding hydrogens is 190 g/mol. The van der Waals surface area contributed by atoms with Crippen LogP contribution in [0.5, 0.6) is 0 Å². The summed E-state index contributed by atoms with van der Waals surface area (Å²) < 4.78 is 0. The summed E-state index contributed by atoms with van der Waals surface area (Å²) in [5.74, 6) is 0.0637. The minimum atomic E-state index is -0.194. The van der Waals surface area contributed by atoms with Crippen molar-refractivity contribution in [2.45, 2.75) is 31.7 Å². The molecule has 0 aromatic carbocycles. The monoisotopic (exact) mass is 205 g/mol. The van der Waals surface area contributed by atoms with E-state index in [1.54, 1.807) is 0 Å². The molecule has 4 heteroatoms. The third kappa shape index (κ3) is 3.63. The Hall–Kier alpha value is -0.120. The highest BCUT2D eigenvalue weighted by Crippen LogP contribution is 2.25. The maximum absolute atomic E-state index is 10.8. The van der Waals surface area contributed by atoms with Crippen molar-refractivity contribution in [2.75, 3.05) is 13.2 Å². The van der Waals surface area contributed by atoms with Gasteiger partial charge in [-0.2, -0.15) is 0 Å². The Bertz CT molecular complexity index is 167. The van der Waals surface area contributed by atoms with E-state index in [1.165, 1.54) is 0 Å². The van der Waals surface area contributed by atoms with E-state index in [4.69, 9.17) is 16.7 Å². The van der Waals surface area contributed by atoms with Gasteiger partial charge in [-0.15, -0.1) is 0 Å². The second-order valence-electron chi connectivity index (χ2n) is 3.53. The Morgan fingerprint density at radius 1 is 1.38 bits per heavy atom. The van der Waals surface area contributed by atoms with Crippen LogP contribution >= 0.6 is 11.6 Å². The molecule has 3 nitrogen and oxygen atoms in total. The number of aliphatic hydroxyl groups is 1. The van der Waals surface area contributed by atoms with Crippen molar-refractivity contribution >= 4 is 16.8 Å². The molecule has 76 valence electrons. The summed E-state index contributed by atoms with van der Waals surface area (Å²) in [6.07, 6.45) is 3.74. The number of hydrogen-bond donors (Lipinski definition) is 2. The van der Waals surface area contributed by atoms with Crippen LogP contribution in [-0.2, 0) is 4.79 Å². The zero-order valence-corrected chi connectivity index (χ0v) is 8.39. The fraction of sp³-hybridized carbons (Fsp3) is 0.889. The zero-order valence-electron chi connectivity index (χ0n) is 7.63. The van der Waals surface area contributed by atoms with Gasteiger partial charge < -0.3 is 10.4 Å². The Morgan fingerprint density at radius 3 is 2.46 bits per heavy atom. The summed E-state index contributed by atoms with van der Waals surface area (Å²) >= 11 is 5.41. The van der Waals surface area contributed by atoms with Gasteiger partial charge in [-0.3, -0.25) is 4.79 Å². The molecule has 13 heavy (non-hydrogen) atoms. The lowest BCUT2D eigenvalue weighted by atomic mass is 9.87. The fourth-order valence-corrected chi connectivity index (χ4v) is 2.01. The first-order valence-corrected chi connectivity index (χ1v) is 5.15. The summed E-state index contributed by atoms with van der Waals surface area (Å²) in [7, 11) is 0. The minimum Gasteiger partial charge on any atom is -0.395 e. The molecule has 1 fully saturated rings. The van der Waals surface area contributed by atoms with E-state index in [9.17, 15) is 4.79 Å². The van der Waals surface area contributed by atoms with Gasteiger partial charge in [0, 0.05) is 18.5 Å². The second-order valence-corrected chi connectivity index (χ2v) is 3.90. The molecular formula is C9H16ClNO2. The number of nitrogens with one attached hydrogen (secondary N) is 1. The van der Waals surface area contributed by atoms with E-state index in [-0.39, 0.29) is 17.8 Å². The molecule has 0 heterocycles. The van der Waals surface area contributed by atoms with Crippen LogP contribution in [0.2, 0.25) is 0 Å². The molecule has 0 radical (unpaired) electrons. The lowest BCUT2D eigenvalue weighted by Gasteiger charge is -2.26. The summed E-state index contributed by atoms with van der Waals surface area (Å²) in [6, 6.07) is 0.458. The summed E-state index contributed by atoms with van der Waals surface area (Å²) in [4.78, 5) is 10.8. The average molecular weight is 206 g/mol. The number of carbonyl (C=O) groups excluding carboxylic acids is 1. The van der Waals surface area contributed by atoms with Gasteiger partial charge >= 0.3 is 0 Å². The molecule has 1 rings (SSSR count). The van der Waals surface area contributed by atoms with Gasteiger partial charge in [-0.1, -0.05) is 0 Å². The number of aliphatic hydroxyl groups excluding tert-OH is 1. The Morgan fingerprint density at radius 2 is 2.00 bits per heavy atom.